The maximum atomic E-state index is 13.0. The minimum Gasteiger partial charge on any atom is -0.238 e. The van der Waals surface area contributed by atoms with Crippen molar-refractivity contribution in [1.29, 1.82) is 0 Å². The Balaban J connectivity index is 2.34. The van der Waals surface area contributed by atoms with Crippen molar-refractivity contribution >= 4 is 32.5 Å². The molecule has 0 unspecified atom stereocenters. The number of rotatable bonds is 3. The second-order valence-corrected chi connectivity index (χ2v) is 7.35. The summed E-state index contributed by atoms with van der Waals surface area (Å²) in [5.41, 5.74) is 3.20. The SMILES string of the molecule is Cc1ccc(S(=O)(=O)n2c(C)c(CCl)c3ccccc32)cc1. The van der Waals surface area contributed by atoms with Gasteiger partial charge in [-0.15, -0.1) is 11.6 Å². The molecule has 0 spiro atoms. The highest BCUT2D eigenvalue weighted by Gasteiger charge is 2.24. The van der Waals surface area contributed by atoms with Crippen LogP contribution in [0.5, 0.6) is 0 Å². The van der Waals surface area contributed by atoms with E-state index in [0.717, 1.165) is 16.5 Å². The summed E-state index contributed by atoms with van der Waals surface area (Å²) in [7, 11) is -3.64. The predicted octanol–water partition coefficient (Wildman–Crippen LogP) is 4.23. The Hall–Kier alpha value is -1.78. The van der Waals surface area contributed by atoms with Crippen molar-refractivity contribution in [2.75, 3.05) is 0 Å². The molecule has 3 nitrogen and oxygen atoms in total. The first-order valence-electron chi connectivity index (χ1n) is 6.94. The third-order valence-electron chi connectivity index (χ3n) is 3.88. The van der Waals surface area contributed by atoms with E-state index in [2.05, 4.69) is 0 Å². The summed E-state index contributed by atoms with van der Waals surface area (Å²) in [5, 5.41) is 0.880. The highest BCUT2D eigenvalue weighted by atomic mass is 35.5. The largest absolute Gasteiger partial charge is 0.268 e. The Kier molecular flexibility index (Phi) is 3.75. The molecule has 0 saturated heterocycles. The highest BCUT2D eigenvalue weighted by Crippen LogP contribution is 2.30. The quantitative estimate of drug-likeness (QED) is 0.673. The van der Waals surface area contributed by atoms with Crippen LogP contribution in [0.4, 0.5) is 0 Å². The molecular weight excluding hydrogens is 318 g/mol. The van der Waals surface area contributed by atoms with Crippen molar-refractivity contribution < 1.29 is 8.42 Å². The van der Waals surface area contributed by atoms with Crippen LogP contribution in [0.1, 0.15) is 16.8 Å². The fourth-order valence-corrected chi connectivity index (χ4v) is 4.62. The molecule has 1 aromatic heterocycles. The number of benzene rings is 2. The zero-order valence-corrected chi connectivity index (χ0v) is 13.9. The van der Waals surface area contributed by atoms with E-state index < -0.39 is 10.0 Å². The molecular formula is C17H16ClNO2S. The van der Waals surface area contributed by atoms with Gasteiger partial charge in [0, 0.05) is 17.0 Å². The average Bonchev–Trinajstić information content (AvgIpc) is 2.79. The number of alkyl halides is 1. The molecule has 3 aromatic rings. The summed E-state index contributed by atoms with van der Waals surface area (Å²) in [6.45, 7) is 3.72. The Bertz CT molecular complexity index is 941. The molecule has 2 aromatic carbocycles. The number of aryl methyl sites for hydroxylation is 1. The van der Waals surface area contributed by atoms with Gasteiger partial charge < -0.3 is 0 Å². The Morgan fingerprint density at radius 2 is 1.64 bits per heavy atom. The molecule has 0 radical (unpaired) electrons. The summed E-state index contributed by atoms with van der Waals surface area (Å²) in [5.74, 6) is 0.281. The summed E-state index contributed by atoms with van der Waals surface area (Å²) in [4.78, 5) is 0.281. The van der Waals surface area contributed by atoms with Crippen LogP contribution in [0.15, 0.2) is 53.4 Å². The fourth-order valence-electron chi connectivity index (χ4n) is 2.70. The molecule has 114 valence electrons. The molecule has 22 heavy (non-hydrogen) atoms. The van der Waals surface area contributed by atoms with Crippen LogP contribution in [0.25, 0.3) is 10.9 Å². The number of nitrogens with zero attached hydrogens (tertiary/aromatic N) is 1. The first-order chi connectivity index (χ1) is 10.5. The van der Waals surface area contributed by atoms with Crippen LogP contribution >= 0.6 is 11.6 Å². The topological polar surface area (TPSA) is 39.1 Å². The molecule has 0 aliphatic carbocycles. The van der Waals surface area contributed by atoms with E-state index in [1.165, 1.54) is 3.97 Å². The van der Waals surface area contributed by atoms with Crippen LogP contribution in [0, 0.1) is 13.8 Å². The van der Waals surface area contributed by atoms with Crippen molar-refractivity contribution in [2.45, 2.75) is 24.6 Å². The molecule has 1 heterocycles. The standard InChI is InChI=1S/C17H16ClNO2S/c1-12-7-9-14(10-8-12)22(20,21)19-13(2)16(11-18)15-5-3-4-6-17(15)19/h3-10H,11H2,1-2H3. The van der Waals surface area contributed by atoms with E-state index in [-0.39, 0.29) is 10.8 Å². The third kappa shape index (κ3) is 2.23. The summed E-state index contributed by atoms with van der Waals surface area (Å²) >= 11 is 6.03. The van der Waals surface area contributed by atoms with Gasteiger partial charge in [0.05, 0.1) is 10.4 Å². The fraction of sp³-hybridized carbons (Fsp3) is 0.176. The summed E-state index contributed by atoms with van der Waals surface area (Å²) in [6.07, 6.45) is 0. The van der Waals surface area contributed by atoms with Crippen LogP contribution in [-0.2, 0) is 15.9 Å². The van der Waals surface area contributed by atoms with E-state index >= 15 is 0 Å². The van der Waals surface area contributed by atoms with E-state index in [9.17, 15) is 8.42 Å². The van der Waals surface area contributed by atoms with Gasteiger partial charge in [-0.3, -0.25) is 0 Å². The van der Waals surface area contributed by atoms with Gasteiger partial charge >= 0.3 is 0 Å². The van der Waals surface area contributed by atoms with E-state index in [0.29, 0.717) is 11.2 Å². The average molecular weight is 334 g/mol. The van der Waals surface area contributed by atoms with Crippen LogP contribution in [0.3, 0.4) is 0 Å². The Morgan fingerprint density at radius 3 is 2.27 bits per heavy atom. The minimum atomic E-state index is -3.64. The maximum absolute atomic E-state index is 13.0. The van der Waals surface area contributed by atoms with Gasteiger partial charge in [0.2, 0.25) is 0 Å². The van der Waals surface area contributed by atoms with E-state index in [1.807, 2.05) is 31.2 Å². The van der Waals surface area contributed by atoms with Crippen molar-refractivity contribution in [3.05, 3.63) is 65.4 Å². The molecule has 0 bridgehead atoms. The Morgan fingerprint density at radius 1 is 1.00 bits per heavy atom. The number of para-hydroxylation sites is 1. The molecule has 0 fully saturated rings. The van der Waals surface area contributed by atoms with Gasteiger partial charge in [0.15, 0.2) is 0 Å². The third-order valence-corrected chi connectivity index (χ3v) is 5.97. The number of aromatic nitrogens is 1. The lowest BCUT2D eigenvalue weighted by atomic mass is 10.1. The molecule has 0 atom stereocenters. The van der Waals surface area contributed by atoms with Gasteiger partial charge in [0.1, 0.15) is 0 Å². The lowest BCUT2D eigenvalue weighted by Gasteiger charge is -2.10. The van der Waals surface area contributed by atoms with Crippen molar-refractivity contribution in [2.24, 2.45) is 0 Å². The highest BCUT2D eigenvalue weighted by molar-refractivity contribution is 7.90. The van der Waals surface area contributed by atoms with Crippen molar-refractivity contribution in [3.63, 3.8) is 0 Å². The lowest BCUT2D eigenvalue weighted by molar-refractivity contribution is 0.588. The van der Waals surface area contributed by atoms with Crippen LogP contribution in [0.2, 0.25) is 0 Å². The molecule has 0 aliphatic heterocycles. The number of hydrogen-bond acceptors (Lipinski definition) is 2. The molecule has 3 rings (SSSR count). The summed E-state index contributed by atoms with van der Waals surface area (Å²) < 4.78 is 27.5. The number of halogens is 1. The molecule has 0 amide bonds. The van der Waals surface area contributed by atoms with Gasteiger partial charge in [-0.25, -0.2) is 12.4 Å². The second kappa shape index (κ2) is 5.45. The molecule has 0 N–H and O–H groups in total. The maximum Gasteiger partial charge on any atom is 0.268 e. The van der Waals surface area contributed by atoms with Gasteiger partial charge in [-0.2, -0.15) is 0 Å². The molecule has 5 heteroatoms. The number of fused-ring (bicyclic) bond motifs is 1. The van der Waals surface area contributed by atoms with Crippen molar-refractivity contribution in [1.82, 2.24) is 3.97 Å². The van der Waals surface area contributed by atoms with Crippen molar-refractivity contribution in [3.8, 4) is 0 Å². The molecule has 0 saturated carbocycles. The normalized spacial score (nSPS) is 12.0. The smallest absolute Gasteiger partial charge is 0.238 e. The molecule has 0 aliphatic rings. The first-order valence-corrected chi connectivity index (χ1v) is 8.91. The second-order valence-electron chi connectivity index (χ2n) is 5.30. The monoisotopic (exact) mass is 333 g/mol. The predicted molar refractivity (Wildman–Crippen MR) is 90.0 cm³/mol. The van der Waals surface area contributed by atoms with E-state index in [1.54, 1.807) is 31.2 Å². The zero-order chi connectivity index (χ0) is 15.9. The van der Waals surface area contributed by atoms with Gasteiger partial charge in [-0.05, 0) is 37.6 Å². The van der Waals surface area contributed by atoms with Crippen LogP contribution < -0.4 is 0 Å². The zero-order valence-electron chi connectivity index (χ0n) is 12.4. The van der Waals surface area contributed by atoms with Gasteiger partial charge in [-0.1, -0.05) is 35.9 Å². The summed E-state index contributed by atoms with van der Waals surface area (Å²) in [6, 6.07) is 14.3. The lowest BCUT2D eigenvalue weighted by Crippen LogP contribution is -2.14. The van der Waals surface area contributed by atoms with Gasteiger partial charge in [0.25, 0.3) is 10.0 Å². The van der Waals surface area contributed by atoms with Crippen LogP contribution in [-0.4, -0.2) is 12.4 Å². The first kappa shape index (κ1) is 15.1. The Labute approximate surface area is 135 Å². The number of hydrogen-bond donors (Lipinski definition) is 0. The van der Waals surface area contributed by atoms with E-state index in [4.69, 9.17) is 11.6 Å². The minimum absolute atomic E-state index is 0.281.